The van der Waals surface area contributed by atoms with E-state index >= 15 is 0 Å². The van der Waals surface area contributed by atoms with Crippen LogP contribution >= 0.6 is 11.3 Å². The summed E-state index contributed by atoms with van der Waals surface area (Å²) in [4.78, 5) is 37.0. The molecule has 7 heteroatoms. The molecule has 3 amide bonds. The predicted molar refractivity (Wildman–Crippen MR) is 96.8 cm³/mol. The van der Waals surface area contributed by atoms with Crippen LogP contribution in [0.2, 0.25) is 0 Å². The SMILES string of the molecule is CNC(=O)NC(=O)[C@@H](C)OC(=O)c1cc2c(s1)CC[C@H](C(C)(C)C)C2. The molecule has 0 radical (unpaired) electrons. The number of nitrogens with one attached hydrogen (secondary N) is 2. The van der Waals surface area contributed by atoms with Crippen LogP contribution in [-0.2, 0) is 22.4 Å². The van der Waals surface area contributed by atoms with Crippen molar-refractivity contribution in [2.24, 2.45) is 11.3 Å². The van der Waals surface area contributed by atoms with E-state index in [1.54, 1.807) is 0 Å². The summed E-state index contributed by atoms with van der Waals surface area (Å²) in [5.41, 5.74) is 1.46. The number of ether oxygens (including phenoxy) is 1. The summed E-state index contributed by atoms with van der Waals surface area (Å²) >= 11 is 1.44. The molecular formula is C18H26N2O4S. The van der Waals surface area contributed by atoms with E-state index in [9.17, 15) is 14.4 Å². The first-order valence-corrected chi connectivity index (χ1v) is 9.28. The predicted octanol–water partition coefficient (Wildman–Crippen LogP) is 2.90. The number of carbonyl (C=O) groups excluding carboxylic acids is 3. The lowest BCUT2D eigenvalue weighted by Crippen LogP contribution is -2.43. The Hall–Kier alpha value is -1.89. The second-order valence-electron chi connectivity index (χ2n) is 7.48. The quantitative estimate of drug-likeness (QED) is 0.806. The molecule has 2 rings (SSSR count). The Morgan fingerprint density at radius 3 is 2.60 bits per heavy atom. The summed E-state index contributed by atoms with van der Waals surface area (Å²) < 4.78 is 5.19. The van der Waals surface area contributed by atoms with Gasteiger partial charge in [0.05, 0.1) is 0 Å². The van der Waals surface area contributed by atoms with Gasteiger partial charge in [0.25, 0.3) is 5.91 Å². The van der Waals surface area contributed by atoms with Gasteiger partial charge in [0.1, 0.15) is 4.88 Å². The van der Waals surface area contributed by atoms with Gasteiger partial charge in [0.15, 0.2) is 6.10 Å². The fourth-order valence-electron chi connectivity index (χ4n) is 2.91. The number of fused-ring (bicyclic) bond motifs is 1. The first kappa shape index (κ1) is 19.4. The highest BCUT2D eigenvalue weighted by atomic mass is 32.1. The molecule has 1 aromatic rings. The molecule has 0 bridgehead atoms. The minimum atomic E-state index is -1.04. The van der Waals surface area contributed by atoms with Crippen LogP contribution in [0, 0.1) is 11.3 Å². The summed E-state index contributed by atoms with van der Waals surface area (Å²) in [6, 6.07) is 1.26. The minimum Gasteiger partial charge on any atom is -0.448 e. The summed E-state index contributed by atoms with van der Waals surface area (Å²) in [7, 11) is 1.40. The van der Waals surface area contributed by atoms with Gasteiger partial charge in [-0.05, 0) is 49.1 Å². The largest absolute Gasteiger partial charge is 0.448 e. The molecule has 1 aliphatic rings. The van der Waals surface area contributed by atoms with Gasteiger partial charge in [0.2, 0.25) is 0 Å². The van der Waals surface area contributed by atoms with E-state index < -0.39 is 24.0 Å². The molecule has 6 nitrogen and oxygen atoms in total. The number of carbonyl (C=O) groups is 3. The standard InChI is InChI=1S/C18H26N2O4S/c1-10(15(21)20-17(23)19-5)24-16(22)14-9-11-8-12(18(2,3)4)6-7-13(11)25-14/h9-10,12H,6-8H2,1-5H3,(H2,19,20,21,23)/t10-,12+/m1/s1. The number of thiophene rings is 1. The van der Waals surface area contributed by atoms with Crippen molar-refractivity contribution in [3.63, 3.8) is 0 Å². The number of hydrogen-bond donors (Lipinski definition) is 2. The van der Waals surface area contributed by atoms with Crippen LogP contribution in [0.4, 0.5) is 4.79 Å². The molecule has 0 saturated heterocycles. The Labute approximate surface area is 152 Å². The number of amides is 3. The van der Waals surface area contributed by atoms with Crippen molar-refractivity contribution in [1.82, 2.24) is 10.6 Å². The maximum atomic E-state index is 12.3. The highest BCUT2D eigenvalue weighted by Crippen LogP contribution is 2.40. The van der Waals surface area contributed by atoms with Gasteiger partial charge in [-0.15, -0.1) is 11.3 Å². The summed E-state index contributed by atoms with van der Waals surface area (Å²) in [5, 5.41) is 4.37. The molecular weight excluding hydrogens is 340 g/mol. The number of esters is 1. The van der Waals surface area contributed by atoms with E-state index in [4.69, 9.17) is 4.74 Å². The monoisotopic (exact) mass is 366 g/mol. The zero-order valence-electron chi connectivity index (χ0n) is 15.4. The van der Waals surface area contributed by atoms with E-state index in [0.717, 1.165) is 19.3 Å². The van der Waals surface area contributed by atoms with Crippen LogP contribution in [0.5, 0.6) is 0 Å². The molecule has 1 heterocycles. The maximum Gasteiger partial charge on any atom is 0.349 e. The van der Waals surface area contributed by atoms with Gasteiger partial charge in [-0.3, -0.25) is 10.1 Å². The van der Waals surface area contributed by atoms with Gasteiger partial charge in [-0.2, -0.15) is 0 Å². The molecule has 0 fully saturated rings. The molecule has 0 aliphatic heterocycles. The van der Waals surface area contributed by atoms with Gasteiger partial charge >= 0.3 is 12.0 Å². The molecule has 0 aromatic carbocycles. The van der Waals surface area contributed by atoms with E-state index in [1.165, 1.54) is 35.7 Å². The first-order chi connectivity index (χ1) is 11.6. The third-order valence-corrected chi connectivity index (χ3v) is 5.84. The first-order valence-electron chi connectivity index (χ1n) is 8.47. The highest BCUT2D eigenvalue weighted by molar-refractivity contribution is 7.14. The summed E-state index contributed by atoms with van der Waals surface area (Å²) in [5.74, 6) is -0.580. The normalized spacial score (nSPS) is 18.0. The van der Waals surface area contributed by atoms with E-state index in [1.807, 2.05) is 6.07 Å². The molecule has 138 valence electrons. The fraction of sp³-hybridized carbons (Fsp3) is 0.611. The number of rotatable bonds is 3. The maximum absolute atomic E-state index is 12.3. The minimum absolute atomic E-state index is 0.243. The van der Waals surface area contributed by atoms with Crippen molar-refractivity contribution in [2.45, 2.75) is 53.1 Å². The number of hydrogen-bond acceptors (Lipinski definition) is 5. The topological polar surface area (TPSA) is 84.5 Å². The van der Waals surface area contributed by atoms with Gasteiger partial charge in [0, 0.05) is 11.9 Å². The van der Waals surface area contributed by atoms with Crippen molar-refractivity contribution in [3.8, 4) is 0 Å². The van der Waals surface area contributed by atoms with E-state index in [2.05, 4.69) is 31.4 Å². The van der Waals surface area contributed by atoms with Crippen LogP contribution in [0.25, 0.3) is 0 Å². The van der Waals surface area contributed by atoms with Gasteiger partial charge in [-0.25, -0.2) is 9.59 Å². The Bertz CT molecular complexity index is 675. The van der Waals surface area contributed by atoms with Crippen molar-refractivity contribution in [2.75, 3.05) is 7.05 Å². The summed E-state index contributed by atoms with van der Waals surface area (Å²) in [6.07, 6.45) is 2.03. The third kappa shape index (κ3) is 4.81. The van der Waals surface area contributed by atoms with Crippen LogP contribution in [-0.4, -0.2) is 31.1 Å². The smallest absolute Gasteiger partial charge is 0.349 e. The van der Waals surface area contributed by atoms with Crippen LogP contribution in [0.1, 0.15) is 54.2 Å². The number of urea groups is 1. The Balaban J connectivity index is 2.01. The number of aryl methyl sites for hydroxylation is 1. The lowest BCUT2D eigenvalue weighted by atomic mass is 9.72. The molecule has 2 atom stereocenters. The van der Waals surface area contributed by atoms with Crippen molar-refractivity contribution in [3.05, 3.63) is 21.4 Å². The van der Waals surface area contributed by atoms with E-state index in [-0.39, 0.29) is 5.41 Å². The average molecular weight is 366 g/mol. The Morgan fingerprint density at radius 1 is 1.32 bits per heavy atom. The lowest BCUT2D eigenvalue weighted by molar-refractivity contribution is -0.127. The third-order valence-electron chi connectivity index (χ3n) is 4.63. The molecule has 0 saturated carbocycles. The van der Waals surface area contributed by atoms with Gasteiger partial charge < -0.3 is 10.1 Å². The van der Waals surface area contributed by atoms with Crippen LogP contribution in [0.3, 0.4) is 0 Å². The number of imide groups is 1. The lowest BCUT2D eigenvalue weighted by Gasteiger charge is -2.33. The Morgan fingerprint density at radius 2 is 2.00 bits per heavy atom. The molecule has 2 N–H and O–H groups in total. The van der Waals surface area contributed by atoms with Crippen molar-refractivity contribution >= 4 is 29.2 Å². The molecule has 1 aromatic heterocycles. The zero-order chi connectivity index (χ0) is 18.8. The molecule has 25 heavy (non-hydrogen) atoms. The van der Waals surface area contributed by atoms with Crippen LogP contribution < -0.4 is 10.6 Å². The van der Waals surface area contributed by atoms with Crippen molar-refractivity contribution in [1.29, 1.82) is 0 Å². The van der Waals surface area contributed by atoms with Crippen LogP contribution in [0.15, 0.2) is 6.07 Å². The summed E-state index contributed by atoms with van der Waals surface area (Å²) in [6.45, 7) is 8.18. The second kappa shape index (κ2) is 7.56. The molecule has 1 aliphatic carbocycles. The van der Waals surface area contributed by atoms with Gasteiger partial charge in [-0.1, -0.05) is 20.8 Å². The van der Waals surface area contributed by atoms with Crippen molar-refractivity contribution < 1.29 is 19.1 Å². The highest BCUT2D eigenvalue weighted by Gasteiger charge is 2.31. The Kier molecular flexibility index (Phi) is 5.87. The molecule has 0 unspecified atom stereocenters. The fourth-order valence-corrected chi connectivity index (χ4v) is 4.00. The van der Waals surface area contributed by atoms with E-state index in [0.29, 0.717) is 10.8 Å². The zero-order valence-corrected chi connectivity index (χ0v) is 16.2. The second-order valence-corrected chi connectivity index (χ2v) is 8.62. The average Bonchev–Trinajstić information content (AvgIpc) is 2.96. The molecule has 0 spiro atoms.